The number of aromatic nitrogens is 2. The fourth-order valence-electron chi connectivity index (χ4n) is 6.66. The van der Waals surface area contributed by atoms with Gasteiger partial charge in [0, 0.05) is 6.42 Å². The van der Waals surface area contributed by atoms with Crippen LogP contribution in [0.5, 0.6) is 0 Å². The van der Waals surface area contributed by atoms with E-state index in [9.17, 15) is 0 Å². The third kappa shape index (κ3) is 23.6. The molecular weight excluding hydrogens is 508 g/mol. The van der Waals surface area contributed by atoms with Crippen LogP contribution < -0.4 is 4.57 Å². The van der Waals surface area contributed by atoms with Crippen molar-refractivity contribution in [2.45, 2.75) is 239 Å². The lowest BCUT2D eigenvalue weighted by atomic mass is 10.0. The lowest BCUT2D eigenvalue weighted by Gasteiger charge is -2.06. The number of aryl methyl sites for hydroxylation is 2. The molecule has 0 amide bonds. The van der Waals surface area contributed by atoms with Crippen molar-refractivity contribution >= 4 is 0 Å². The molecule has 0 aliphatic rings. The van der Waals surface area contributed by atoms with Crippen molar-refractivity contribution in [1.82, 2.24) is 4.57 Å². The molecule has 0 aromatic carbocycles. The molecule has 1 aromatic heterocycles. The van der Waals surface area contributed by atoms with Crippen LogP contribution in [0.3, 0.4) is 0 Å². The summed E-state index contributed by atoms with van der Waals surface area (Å²) in [5.74, 6) is 1.59. The van der Waals surface area contributed by atoms with Gasteiger partial charge in [-0.1, -0.05) is 188 Å². The van der Waals surface area contributed by atoms with Crippen molar-refractivity contribution in [2.24, 2.45) is 0 Å². The molecule has 0 saturated carbocycles. The molecule has 42 heavy (non-hydrogen) atoms. The summed E-state index contributed by atoms with van der Waals surface area (Å²) in [7, 11) is 0. The Labute approximate surface area is 266 Å². The average Bonchev–Trinajstić information content (AvgIpc) is 3.39. The second-order valence-electron chi connectivity index (χ2n) is 13.8. The molecule has 1 heterocycles. The third-order valence-corrected chi connectivity index (χ3v) is 9.60. The largest absolute Gasteiger partial charge is 0.256 e. The number of hydrogen-bond donors (Lipinski definition) is 0. The van der Waals surface area contributed by atoms with E-state index < -0.39 is 0 Å². The first-order chi connectivity index (χ1) is 20.8. The van der Waals surface area contributed by atoms with Gasteiger partial charge in [0.25, 0.3) is 5.82 Å². The first-order valence-electron chi connectivity index (χ1n) is 19.9. The van der Waals surface area contributed by atoms with E-state index in [-0.39, 0.29) is 0 Å². The number of nitrogens with zero attached hydrogens (tertiary/aromatic N) is 2. The van der Waals surface area contributed by atoms with Crippen molar-refractivity contribution in [1.29, 1.82) is 0 Å². The van der Waals surface area contributed by atoms with Crippen molar-refractivity contribution in [3.05, 3.63) is 18.2 Å². The van der Waals surface area contributed by atoms with Gasteiger partial charge in [-0.05, 0) is 32.1 Å². The molecular formula is C40H79N2+. The topological polar surface area (TPSA) is 8.81 Å². The Morgan fingerprint density at radius 3 is 1.12 bits per heavy atom. The van der Waals surface area contributed by atoms with Gasteiger partial charge in [0.1, 0.15) is 12.4 Å². The quantitative estimate of drug-likeness (QED) is 0.0560. The predicted octanol–water partition coefficient (Wildman–Crippen LogP) is 13.5. The zero-order chi connectivity index (χ0) is 30.2. The van der Waals surface area contributed by atoms with E-state index in [1.807, 2.05) is 0 Å². The van der Waals surface area contributed by atoms with Crippen molar-refractivity contribution < 1.29 is 4.57 Å². The molecule has 0 fully saturated rings. The van der Waals surface area contributed by atoms with Gasteiger partial charge in [0.2, 0.25) is 0 Å². The molecule has 248 valence electrons. The summed E-state index contributed by atoms with van der Waals surface area (Å²) in [6, 6.07) is 0. The predicted molar refractivity (Wildman–Crippen MR) is 188 cm³/mol. The first-order valence-corrected chi connectivity index (χ1v) is 19.9. The van der Waals surface area contributed by atoms with Gasteiger partial charge in [-0.25, -0.2) is 9.13 Å². The molecule has 0 unspecified atom stereocenters. The summed E-state index contributed by atoms with van der Waals surface area (Å²) in [5.41, 5.74) is 0. The lowest BCUT2D eigenvalue weighted by Crippen LogP contribution is -2.37. The first kappa shape index (κ1) is 39.2. The number of unbranched alkanes of at least 4 members (excludes halogenated alkanes) is 28. The van der Waals surface area contributed by atoms with Crippen LogP contribution in [0.25, 0.3) is 0 Å². The molecule has 1 rings (SSSR count). The maximum absolute atomic E-state index is 2.60. The Balaban J connectivity index is 2.03. The summed E-state index contributed by atoms with van der Waals surface area (Å²) in [4.78, 5) is 0. The van der Waals surface area contributed by atoms with E-state index >= 15 is 0 Å². The zero-order valence-electron chi connectivity index (χ0n) is 29.6. The highest BCUT2D eigenvalue weighted by molar-refractivity contribution is 4.84. The number of hydrogen-bond acceptors (Lipinski definition) is 0. The Morgan fingerprint density at radius 1 is 0.405 bits per heavy atom. The highest BCUT2D eigenvalue weighted by Crippen LogP contribution is 2.15. The summed E-state index contributed by atoms with van der Waals surface area (Å²) < 4.78 is 5.20. The molecule has 0 bridgehead atoms. The Kier molecular flexibility index (Phi) is 29.5. The second kappa shape index (κ2) is 31.6. The summed E-state index contributed by atoms with van der Waals surface area (Å²) in [5, 5.41) is 0. The van der Waals surface area contributed by atoms with E-state index in [1.165, 1.54) is 219 Å². The maximum Gasteiger partial charge on any atom is 0.256 e. The second-order valence-corrected chi connectivity index (χ2v) is 13.8. The standard InChI is InChI=1S/C40H79N2/c1-4-7-10-12-14-16-18-20-21-22-23-24-26-28-30-32-34-37-42-39-38-41(40(42)35-9-6-3)36-33-31-29-27-25-19-17-15-13-11-8-5-2/h38-39H,4-37H2,1-3H3/q+1. The summed E-state index contributed by atoms with van der Waals surface area (Å²) in [6.07, 6.45) is 50.5. The minimum atomic E-state index is 1.22. The van der Waals surface area contributed by atoms with Crippen molar-refractivity contribution in [3.63, 3.8) is 0 Å². The fourth-order valence-corrected chi connectivity index (χ4v) is 6.66. The normalized spacial score (nSPS) is 11.6. The van der Waals surface area contributed by atoms with Crippen LogP contribution in [0.2, 0.25) is 0 Å². The van der Waals surface area contributed by atoms with Gasteiger partial charge in [0.15, 0.2) is 0 Å². The fraction of sp³-hybridized carbons (Fsp3) is 0.925. The SMILES string of the molecule is CCCCCCCCCCCCCCCCCCC[n+]1ccn(CCCCCCCCCCCCCC)c1CCCC. The molecule has 2 heteroatoms. The van der Waals surface area contributed by atoms with Crippen LogP contribution in [0, 0.1) is 0 Å². The summed E-state index contributed by atoms with van der Waals surface area (Å²) >= 11 is 0. The highest BCUT2D eigenvalue weighted by Gasteiger charge is 2.16. The molecule has 0 spiro atoms. The van der Waals surface area contributed by atoms with E-state index in [0.29, 0.717) is 0 Å². The van der Waals surface area contributed by atoms with E-state index in [2.05, 4.69) is 42.3 Å². The van der Waals surface area contributed by atoms with E-state index in [4.69, 9.17) is 0 Å². The minimum Gasteiger partial charge on any atom is -0.234 e. The van der Waals surface area contributed by atoms with Gasteiger partial charge in [-0.15, -0.1) is 0 Å². The molecule has 0 aliphatic carbocycles. The van der Waals surface area contributed by atoms with Gasteiger partial charge >= 0.3 is 0 Å². The number of rotatable bonds is 34. The molecule has 0 saturated heterocycles. The van der Waals surface area contributed by atoms with Crippen LogP contribution in [-0.4, -0.2) is 4.57 Å². The van der Waals surface area contributed by atoms with Gasteiger partial charge < -0.3 is 0 Å². The van der Waals surface area contributed by atoms with Crippen LogP contribution in [0.1, 0.15) is 226 Å². The van der Waals surface area contributed by atoms with Gasteiger partial charge in [0.05, 0.1) is 13.1 Å². The van der Waals surface area contributed by atoms with E-state index in [1.54, 1.807) is 5.82 Å². The molecule has 0 radical (unpaired) electrons. The highest BCUT2D eigenvalue weighted by atomic mass is 15.1. The average molecular weight is 588 g/mol. The van der Waals surface area contributed by atoms with Crippen molar-refractivity contribution in [3.8, 4) is 0 Å². The molecule has 1 aromatic rings. The lowest BCUT2D eigenvalue weighted by molar-refractivity contribution is -0.704. The number of imidazole rings is 1. The monoisotopic (exact) mass is 588 g/mol. The maximum atomic E-state index is 2.60. The smallest absolute Gasteiger partial charge is 0.234 e. The minimum absolute atomic E-state index is 1.22. The Morgan fingerprint density at radius 2 is 0.738 bits per heavy atom. The Bertz CT molecular complexity index is 648. The third-order valence-electron chi connectivity index (χ3n) is 9.60. The van der Waals surface area contributed by atoms with Crippen LogP contribution in [-0.2, 0) is 19.5 Å². The van der Waals surface area contributed by atoms with Gasteiger partial charge in [-0.2, -0.15) is 0 Å². The van der Waals surface area contributed by atoms with Crippen molar-refractivity contribution in [2.75, 3.05) is 0 Å². The van der Waals surface area contributed by atoms with Crippen LogP contribution in [0.15, 0.2) is 12.4 Å². The molecule has 2 nitrogen and oxygen atoms in total. The molecule has 0 aliphatic heterocycles. The summed E-state index contributed by atoms with van der Waals surface area (Å²) in [6.45, 7) is 9.40. The van der Waals surface area contributed by atoms with Crippen LogP contribution >= 0.6 is 0 Å². The zero-order valence-corrected chi connectivity index (χ0v) is 29.6. The van der Waals surface area contributed by atoms with Crippen LogP contribution in [0.4, 0.5) is 0 Å². The van der Waals surface area contributed by atoms with E-state index in [0.717, 1.165) is 0 Å². The molecule has 0 atom stereocenters. The Hall–Kier alpha value is -0.790. The van der Waals surface area contributed by atoms with Gasteiger partial charge in [-0.3, -0.25) is 0 Å². The molecule has 0 N–H and O–H groups in total.